The molecule has 1 saturated carbocycles. The van der Waals surface area contributed by atoms with E-state index >= 15 is 0 Å². The second-order valence-electron chi connectivity index (χ2n) is 8.83. The van der Waals surface area contributed by atoms with Crippen molar-refractivity contribution in [3.8, 4) is 5.75 Å². The molecule has 2 aromatic carbocycles. The summed E-state index contributed by atoms with van der Waals surface area (Å²) in [7, 11) is 1.60. The quantitative estimate of drug-likeness (QED) is 0.773. The molecule has 0 saturated heterocycles. The fraction of sp³-hybridized carbons (Fsp3) is 0.440. The highest BCUT2D eigenvalue weighted by molar-refractivity contribution is 6.05. The minimum Gasteiger partial charge on any atom is -0.495 e. The first-order valence-corrected chi connectivity index (χ1v) is 10.8. The lowest BCUT2D eigenvalue weighted by Crippen LogP contribution is -2.60. The maximum absolute atomic E-state index is 13.8. The van der Waals surface area contributed by atoms with Gasteiger partial charge in [0.2, 0.25) is 5.91 Å². The summed E-state index contributed by atoms with van der Waals surface area (Å²) in [5.41, 5.74) is 1.68. The van der Waals surface area contributed by atoms with E-state index in [0.717, 1.165) is 31.2 Å². The van der Waals surface area contributed by atoms with Crippen LogP contribution in [0.4, 0.5) is 5.69 Å². The monoisotopic (exact) mass is 406 g/mol. The summed E-state index contributed by atoms with van der Waals surface area (Å²) in [4.78, 5) is 29.3. The summed E-state index contributed by atoms with van der Waals surface area (Å²) in [6, 6.07) is 15.1. The van der Waals surface area contributed by atoms with Crippen LogP contribution in [0.2, 0.25) is 0 Å². The fourth-order valence-corrected chi connectivity index (χ4v) is 5.25. The first kappa shape index (κ1) is 20.5. The largest absolute Gasteiger partial charge is 0.495 e. The zero-order valence-corrected chi connectivity index (χ0v) is 18.0. The topological polar surface area (TPSA) is 58.6 Å². The molecule has 1 aliphatic heterocycles. The van der Waals surface area contributed by atoms with Gasteiger partial charge < -0.3 is 15.0 Å². The number of hydrogen-bond donors (Lipinski definition) is 1. The van der Waals surface area contributed by atoms with Gasteiger partial charge in [-0.05, 0) is 42.5 Å². The Labute approximate surface area is 178 Å². The van der Waals surface area contributed by atoms with E-state index in [9.17, 15) is 9.59 Å². The first-order chi connectivity index (χ1) is 14.5. The lowest BCUT2D eigenvalue weighted by molar-refractivity contribution is -0.121. The predicted octanol–water partition coefficient (Wildman–Crippen LogP) is 4.84. The van der Waals surface area contributed by atoms with Crippen molar-refractivity contribution in [1.82, 2.24) is 4.90 Å². The van der Waals surface area contributed by atoms with Crippen molar-refractivity contribution in [2.45, 2.75) is 51.0 Å². The van der Waals surface area contributed by atoms with Crippen LogP contribution >= 0.6 is 0 Å². The number of carbonyl (C=O) groups excluding carboxylic acids is 2. The first-order valence-electron chi connectivity index (χ1n) is 10.8. The minimum absolute atomic E-state index is 0.0579. The number of methoxy groups -OCH3 is 1. The Morgan fingerprint density at radius 1 is 1.13 bits per heavy atom. The zero-order chi connectivity index (χ0) is 21.3. The molecule has 4 rings (SSSR count). The van der Waals surface area contributed by atoms with Gasteiger partial charge >= 0.3 is 0 Å². The Balaban J connectivity index is 1.81. The standard InChI is InChI=1S/C25H30N2O3/c1-17(2)16-27-24(29)19-11-5-4-10-18(19)22(25(27)14-8-9-15-25)23(28)26-20-12-6-7-13-21(20)30-3/h4-7,10-13,17,22H,8-9,14-16H2,1-3H3,(H,26,28)/t22-/m0/s1. The molecule has 0 aromatic heterocycles. The number of carbonyl (C=O) groups is 2. The summed E-state index contributed by atoms with van der Waals surface area (Å²) < 4.78 is 5.43. The molecule has 158 valence electrons. The van der Waals surface area contributed by atoms with Gasteiger partial charge in [-0.2, -0.15) is 0 Å². The van der Waals surface area contributed by atoms with E-state index in [2.05, 4.69) is 19.2 Å². The van der Waals surface area contributed by atoms with Gasteiger partial charge in [-0.25, -0.2) is 0 Å². The normalized spacial score (nSPS) is 19.8. The van der Waals surface area contributed by atoms with E-state index in [4.69, 9.17) is 4.74 Å². The average molecular weight is 407 g/mol. The van der Waals surface area contributed by atoms with Gasteiger partial charge in [0, 0.05) is 12.1 Å². The van der Waals surface area contributed by atoms with E-state index in [1.54, 1.807) is 7.11 Å². The van der Waals surface area contributed by atoms with Crippen molar-refractivity contribution in [2.75, 3.05) is 19.0 Å². The summed E-state index contributed by atoms with van der Waals surface area (Å²) in [5.74, 6) is 0.537. The van der Waals surface area contributed by atoms with E-state index in [0.29, 0.717) is 29.5 Å². The van der Waals surface area contributed by atoms with Gasteiger partial charge in [0.1, 0.15) is 5.75 Å². The molecule has 1 N–H and O–H groups in total. The molecular formula is C25H30N2O3. The molecule has 1 heterocycles. The summed E-state index contributed by atoms with van der Waals surface area (Å²) in [6.45, 7) is 4.91. The van der Waals surface area contributed by atoms with Gasteiger partial charge in [0.15, 0.2) is 0 Å². The van der Waals surface area contributed by atoms with Gasteiger partial charge in [-0.15, -0.1) is 0 Å². The number of nitrogens with zero attached hydrogens (tertiary/aromatic N) is 1. The van der Waals surface area contributed by atoms with Crippen LogP contribution in [0.5, 0.6) is 5.75 Å². The Kier molecular flexibility index (Phi) is 5.54. The molecule has 0 bridgehead atoms. The Hall–Kier alpha value is -2.82. The third-order valence-corrected chi connectivity index (χ3v) is 6.47. The average Bonchev–Trinajstić information content (AvgIpc) is 3.21. The van der Waals surface area contributed by atoms with Crippen LogP contribution in [0.25, 0.3) is 0 Å². The van der Waals surface area contributed by atoms with E-state index in [-0.39, 0.29) is 11.8 Å². The zero-order valence-electron chi connectivity index (χ0n) is 18.0. The van der Waals surface area contributed by atoms with Crippen molar-refractivity contribution in [3.63, 3.8) is 0 Å². The van der Waals surface area contributed by atoms with Gasteiger partial charge in [-0.1, -0.05) is 57.0 Å². The molecular weight excluding hydrogens is 376 g/mol. The number of fused-ring (bicyclic) bond motifs is 1. The molecule has 1 spiro atoms. The number of amides is 2. The number of para-hydroxylation sites is 2. The van der Waals surface area contributed by atoms with Crippen molar-refractivity contribution >= 4 is 17.5 Å². The van der Waals surface area contributed by atoms with E-state index in [1.165, 1.54) is 0 Å². The molecule has 0 radical (unpaired) electrons. The third kappa shape index (κ3) is 3.36. The van der Waals surface area contributed by atoms with Gasteiger partial charge in [0.25, 0.3) is 5.91 Å². The Morgan fingerprint density at radius 2 is 1.80 bits per heavy atom. The van der Waals surface area contributed by atoms with Crippen LogP contribution < -0.4 is 10.1 Å². The molecule has 5 heteroatoms. The highest BCUT2D eigenvalue weighted by Crippen LogP contribution is 2.51. The van der Waals surface area contributed by atoms with Crippen LogP contribution in [-0.4, -0.2) is 35.9 Å². The SMILES string of the molecule is COc1ccccc1NC(=O)[C@@H]1c2ccccc2C(=O)N(CC(C)C)C12CCCC2. The molecule has 0 unspecified atom stereocenters. The third-order valence-electron chi connectivity index (χ3n) is 6.47. The van der Waals surface area contributed by atoms with E-state index < -0.39 is 11.5 Å². The second kappa shape index (κ2) is 8.13. The molecule has 2 aromatic rings. The molecule has 1 fully saturated rings. The summed E-state index contributed by atoms with van der Waals surface area (Å²) in [6.07, 6.45) is 3.76. The van der Waals surface area contributed by atoms with Crippen molar-refractivity contribution in [3.05, 3.63) is 59.7 Å². The highest BCUT2D eigenvalue weighted by Gasteiger charge is 2.55. The molecule has 30 heavy (non-hydrogen) atoms. The molecule has 5 nitrogen and oxygen atoms in total. The highest BCUT2D eigenvalue weighted by atomic mass is 16.5. The van der Waals surface area contributed by atoms with Gasteiger partial charge in [0.05, 0.1) is 24.3 Å². The number of rotatable bonds is 5. The lowest BCUT2D eigenvalue weighted by Gasteiger charge is -2.50. The Bertz CT molecular complexity index is 947. The lowest BCUT2D eigenvalue weighted by atomic mass is 9.70. The maximum atomic E-state index is 13.8. The van der Waals surface area contributed by atoms with Crippen molar-refractivity contribution in [2.24, 2.45) is 5.92 Å². The van der Waals surface area contributed by atoms with Gasteiger partial charge in [-0.3, -0.25) is 9.59 Å². The smallest absolute Gasteiger partial charge is 0.254 e. The number of benzene rings is 2. The number of ether oxygens (including phenoxy) is 1. The fourth-order valence-electron chi connectivity index (χ4n) is 5.25. The second-order valence-corrected chi connectivity index (χ2v) is 8.83. The molecule has 1 aliphatic carbocycles. The minimum atomic E-state index is -0.470. The number of nitrogens with one attached hydrogen (secondary N) is 1. The Morgan fingerprint density at radius 3 is 2.50 bits per heavy atom. The van der Waals surface area contributed by atoms with Crippen LogP contribution in [0.15, 0.2) is 48.5 Å². The van der Waals surface area contributed by atoms with Crippen LogP contribution in [0.3, 0.4) is 0 Å². The molecule has 1 atom stereocenters. The summed E-state index contributed by atoms with van der Waals surface area (Å²) in [5, 5.41) is 3.11. The predicted molar refractivity (Wildman–Crippen MR) is 118 cm³/mol. The molecule has 2 amide bonds. The summed E-state index contributed by atoms with van der Waals surface area (Å²) >= 11 is 0. The van der Waals surface area contributed by atoms with Crippen molar-refractivity contribution in [1.29, 1.82) is 0 Å². The van der Waals surface area contributed by atoms with Crippen molar-refractivity contribution < 1.29 is 14.3 Å². The van der Waals surface area contributed by atoms with Crippen LogP contribution in [-0.2, 0) is 4.79 Å². The molecule has 2 aliphatic rings. The van der Waals surface area contributed by atoms with E-state index in [1.807, 2.05) is 53.4 Å². The van der Waals surface area contributed by atoms with Crippen LogP contribution in [0.1, 0.15) is 61.4 Å². The number of anilines is 1. The maximum Gasteiger partial charge on any atom is 0.254 e. The van der Waals surface area contributed by atoms with Crippen LogP contribution in [0, 0.1) is 5.92 Å². The number of hydrogen-bond acceptors (Lipinski definition) is 3.